The molecule has 0 aliphatic carbocycles. The average molecular weight is 251 g/mol. The van der Waals surface area contributed by atoms with Gasteiger partial charge < -0.3 is 10.1 Å². The van der Waals surface area contributed by atoms with Crippen molar-refractivity contribution in [1.82, 2.24) is 5.32 Å². The Morgan fingerprint density at radius 3 is 2.78 bits per heavy atom. The third kappa shape index (κ3) is 3.53. The Hall–Kier alpha value is -0.930. The van der Waals surface area contributed by atoms with Crippen LogP contribution in [-0.4, -0.2) is 19.8 Å². The van der Waals surface area contributed by atoms with E-state index in [0.717, 1.165) is 32.6 Å². The number of ether oxygens (including phenoxy) is 1. The van der Waals surface area contributed by atoms with E-state index in [1.165, 1.54) is 12.0 Å². The van der Waals surface area contributed by atoms with E-state index in [9.17, 15) is 4.39 Å². The molecular formula is C15H22FNO. The fraction of sp³-hybridized carbons (Fsp3) is 0.600. The molecule has 1 aromatic rings. The van der Waals surface area contributed by atoms with Crippen molar-refractivity contribution >= 4 is 0 Å². The zero-order chi connectivity index (χ0) is 12.8. The summed E-state index contributed by atoms with van der Waals surface area (Å²) in [6, 6.07) is 7.14. The average Bonchev–Trinajstić information content (AvgIpc) is 2.42. The van der Waals surface area contributed by atoms with Gasteiger partial charge in [-0.2, -0.15) is 0 Å². The first kappa shape index (κ1) is 13.5. The molecule has 100 valence electrons. The molecule has 3 heteroatoms. The molecule has 1 aliphatic heterocycles. The van der Waals surface area contributed by atoms with E-state index in [-0.39, 0.29) is 11.9 Å². The molecule has 2 atom stereocenters. The minimum atomic E-state index is -0.173. The predicted octanol–water partition coefficient (Wildman–Crippen LogP) is 3.29. The van der Waals surface area contributed by atoms with Gasteiger partial charge in [0.15, 0.2) is 0 Å². The van der Waals surface area contributed by atoms with Crippen LogP contribution >= 0.6 is 0 Å². The number of halogens is 1. The summed E-state index contributed by atoms with van der Waals surface area (Å²) in [5.74, 6) is 0.323. The van der Waals surface area contributed by atoms with Crippen LogP contribution in [0.2, 0.25) is 0 Å². The molecule has 1 saturated heterocycles. The maximum atomic E-state index is 13.0. The van der Waals surface area contributed by atoms with E-state index < -0.39 is 0 Å². The van der Waals surface area contributed by atoms with E-state index in [4.69, 9.17) is 4.74 Å². The third-order valence-corrected chi connectivity index (χ3v) is 3.51. The number of hydrogen-bond donors (Lipinski definition) is 1. The normalized spacial score (nSPS) is 21.8. The first-order valence-electron chi connectivity index (χ1n) is 6.88. The van der Waals surface area contributed by atoms with Crippen molar-refractivity contribution < 1.29 is 9.13 Å². The molecule has 0 saturated carbocycles. The molecular weight excluding hydrogens is 229 g/mol. The smallest absolute Gasteiger partial charge is 0.123 e. The van der Waals surface area contributed by atoms with Crippen molar-refractivity contribution in [3.05, 3.63) is 35.6 Å². The Labute approximate surface area is 109 Å². The molecule has 1 fully saturated rings. The van der Waals surface area contributed by atoms with Crippen molar-refractivity contribution in [2.24, 2.45) is 5.92 Å². The fourth-order valence-electron chi connectivity index (χ4n) is 2.56. The summed E-state index contributed by atoms with van der Waals surface area (Å²) < 4.78 is 18.6. The first-order chi connectivity index (χ1) is 8.81. The van der Waals surface area contributed by atoms with E-state index in [1.54, 1.807) is 12.1 Å². The summed E-state index contributed by atoms with van der Waals surface area (Å²) >= 11 is 0. The van der Waals surface area contributed by atoms with Crippen LogP contribution < -0.4 is 5.32 Å². The minimum Gasteiger partial charge on any atom is -0.381 e. The summed E-state index contributed by atoms with van der Waals surface area (Å²) in [6.07, 6.45) is 3.40. The third-order valence-electron chi connectivity index (χ3n) is 3.51. The Morgan fingerprint density at radius 2 is 2.17 bits per heavy atom. The van der Waals surface area contributed by atoms with Gasteiger partial charge in [0.2, 0.25) is 0 Å². The fourth-order valence-corrected chi connectivity index (χ4v) is 2.56. The molecule has 1 N–H and O–H groups in total. The second-order valence-corrected chi connectivity index (χ2v) is 4.96. The molecule has 0 bridgehead atoms. The molecule has 18 heavy (non-hydrogen) atoms. The van der Waals surface area contributed by atoms with E-state index in [1.807, 2.05) is 12.1 Å². The van der Waals surface area contributed by atoms with Crippen molar-refractivity contribution in [2.75, 3.05) is 19.8 Å². The summed E-state index contributed by atoms with van der Waals surface area (Å²) in [7, 11) is 0. The zero-order valence-electron chi connectivity index (χ0n) is 11.0. The molecule has 2 rings (SSSR count). The van der Waals surface area contributed by atoms with Crippen LogP contribution in [0, 0.1) is 11.7 Å². The lowest BCUT2D eigenvalue weighted by atomic mass is 9.88. The highest BCUT2D eigenvalue weighted by atomic mass is 19.1. The van der Waals surface area contributed by atoms with Crippen LogP contribution in [0.3, 0.4) is 0 Å². The van der Waals surface area contributed by atoms with Crippen molar-refractivity contribution in [3.8, 4) is 0 Å². The van der Waals surface area contributed by atoms with Gasteiger partial charge in [-0.15, -0.1) is 0 Å². The van der Waals surface area contributed by atoms with E-state index in [2.05, 4.69) is 12.2 Å². The molecule has 1 aromatic carbocycles. The number of nitrogens with one attached hydrogen (secondary N) is 1. The molecule has 0 aromatic heterocycles. The standard InChI is InChI=1S/C15H22FNO/c1-2-9-17-15(13-4-3-10-18-11-13)12-5-7-14(16)8-6-12/h5-8,13,15,17H,2-4,9-11H2,1H3. The lowest BCUT2D eigenvalue weighted by Gasteiger charge is -2.31. The Kier molecular flexibility index (Phi) is 5.14. The van der Waals surface area contributed by atoms with Gasteiger partial charge >= 0.3 is 0 Å². The van der Waals surface area contributed by atoms with Gasteiger partial charge in [-0.05, 0) is 43.5 Å². The largest absolute Gasteiger partial charge is 0.381 e. The van der Waals surface area contributed by atoms with Crippen molar-refractivity contribution in [3.63, 3.8) is 0 Å². The number of hydrogen-bond acceptors (Lipinski definition) is 2. The second kappa shape index (κ2) is 6.86. The van der Waals surface area contributed by atoms with Crippen LogP contribution in [0.15, 0.2) is 24.3 Å². The lowest BCUT2D eigenvalue weighted by Crippen LogP contribution is -2.33. The molecule has 1 aliphatic rings. The van der Waals surface area contributed by atoms with Gasteiger partial charge in [0.25, 0.3) is 0 Å². The van der Waals surface area contributed by atoms with Crippen molar-refractivity contribution in [1.29, 1.82) is 0 Å². The summed E-state index contributed by atoms with van der Waals surface area (Å²) in [4.78, 5) is 0. The molecule has 0 spiro atoms. The van der Waals surface area contributed by atoms with Crippen LogP contribution in [0.25, 0.3) is 0 Å². The molecule has 1 heterocycles. The van der Waals surface area contributed by atoms with Gasteiger partial charge in [0.05, 0.1) is 6.61 Å². The zero-order valence-corrected chi connectivity index (χ0v) is 11.0. The highest BCUT2D eigenvalue weighted by Gasteiger charge is 2.24. The first-order valence-corrected chi connectivity index (χ1v) is 6.88. The maximum absolute atomic E-state index is 13.0. The highest BCUT2D eigenvalue weighted by Crippen LogP contribution is 2.28. The predicted molar refractivity (Wildman–Crippen MR) is 71.0 cm³/mol. The van der Waals surface area contributed by atoms with E-state index in [0.29, 0.717) is 5.92 Å². The molecule has 2 unspecified atom stereocenters. The van der Waals surface area contributed by atoms with Crippen LogP contribution in [0.4, 0.5) is 4.39 Å². The lowest BCUT2D eigenvalue weighted by molar-refractivity contribution is 0.0390. The van der Waals surface area contributed by atoms with Gasteiger partial charge in [-0.3, -0.25) is 0 Å². The summed E-state index contributed by atoms with van der Waals surface area (Å²) in [5, 5.41) is 3.57. The maximum Gasteiger partial charge on any atom is 0.123 e. The summed E-state index contributed by atoms with van der Waals surface area (Å²) in [5.41, 5.74) is 1.17. The SMILES string of the molecule is CCCNC(c1ccc(F)cc1)C1CCCOC1. The number of rotatable bonds is 5. The monoisotopic (exact) mass is 251 g/mol. The van der Waals surface area contributed by atoms with Crippen LogP contribution in [0.5, 0.6) is 0 Å². The Morgan fingerprint density at radius 1 is 1.39 bits per heavy atom. The summed E-state index contributed by atoms with van der Waals surface area (Å²) in [6.45, 7) is 4.82. The number of benzene rings is 1. The van der Waals surface area contributed by atoms with Gasteiger partial charge in [-0.25, -0.2) is 4.39 Å². The molecule has 0 radical (unpaired) electrons. The second-order valence-electron chi connectivity index (χ2n) is 4.96. The highest BCUT2D eigenvalue weighted by molar-refractivity contribution is 5.21. The van der Waals surface area contributed by atoms with Gasteiger partial charge in [0.1, 0.15) is 5.82 Å². The van der Waals surface area contributed by atoms with Gasteiger partial charge in [-0.1, -0.05) is 19.1 Å². The van der Waals surface area contributed by atoms with Crippen molar-refractivity contribution in [2.45, 2.75) is 32.2 Å². The van der Waals surface area contributed by atoms with Crippen LogP contribution in [-0.2, 0) is 4.74 Å². The minimum absolute atomic E-state index is 0.173. The van der Waals surface area contributed by atoms with E-state index >= 15 is 0 Å². The topological polar surface area (TPSA) is 21.3 Å². The Balaban J connectivity index is 2.10. The molecule has 0 amide bonds. The molecule has 2 nitrogen and oxygen atoms in total. The Bertz CT molecular complexity index is 346. The quantitative estimate of drug-likeness (QED) is 0.867. The van der Waals surface area contributed by atoms with Gasteiger partial charge in [0, 0.05) is 18.6 Å². The van der Waals surface area contributed by atoms with Crippen LogP contribution in [0.1, 0.15) is 37.8 Å².